The molecule has 90 valence electrons. The highest BCUT2D eigenvalue weighted by molar-refractivity contribution is 5.14. The lowest BCUT2D eigenvalue weighted by Crippen LogP contribution is -2.28. The fourth-order valence-electron chi connectivity index (χ4n) is 1.94. The summed E-state index contributed by atoms with van der Waals surface area (Å²) in [6.07, 6.45) is 5.35. The fourth-order valence-corrected chi connectivity index (χ4v) is 1.94. The van der Waals surface area contributed by atoms with E-state index in [2.05, 4.69) is 56.1 Å². The molecular formula is C15H25N. The molecule has 0 aliphatic carbocycles. The summed E-state index contributed by atoms with van der Waals surface area (Å²) in [5.41, 5.74) is 1.41. The summed E-state index contributed by atoms with van der Waals surface area (Å²) in [4.78, 5) is 2.45. The van der Waals surface area contributed by atoms with Gasteiger partial charge in [0.25, 0.3) is 0 Å². The van der Waals surface area contributed by atoms with Gasteiger partial charge in [-0.15, -0.1) is 0 Å². The van der Waals surface area contributed by atoms with E-state index in [1.165, 1.54) is 31.2 Å². The SMILES string of the molecule is CCCCCC(C)N(C)Cc1ccccc1. The number of nitrogens with zero attached hydrogens (tertiary/aromatic N) is 1. The molecule has 0 aliphatic heterocycles. The molecule has 0 aliphatic rings. The van der Waals surface area contributed by atoms with Crippen LogP contribution in [0, 0.1) is 0 Å². The molecule has 16 heavy (non-hydrogen) atoms. The Hall–Kier alpha value is -0.820. The number of rotatable bonds is 7. The van der Waals surface area contributed by atoms with Crippen molar-refractivity contribution in [2.24, 2.45) is 0 Å². The average molecular weight is 219 g/mol. The second-order valence-electron chi connectivity index (χ2n) is 4.75. The first-order chi connectivity index (χ1) is 7.74. The van der Waals surface area contributed by atoms with Crippen molar-refractivity contribution in [3.05, 3.63) is 35.9 Å². The van der Waals surface area contributed by atoms with Gasteiger partial charge in [-0.05, 0) is 26.0 Å². The summed E-state index contributed by atoms with van der Waals surface area (Å²) in [7, 11) is 2.23. The Morgan fingerprint density at radius 3 is 2.44 bits per heavy atom. The number of unbranched alkanes of at least 4 members (excludes halogenated alkanes) is 2. The van der Waals surface area contributed by atoms with Crippen molar-refractivity contribution in [1.29, 1.82) is 0 Å². The molecule has 1 unspecified atom stereocenters. The number of hydrogen-bond acceptors (Lipinski definition) is 1. The van der Waals surface area contributed by atoms with Gasteiger partial charge in [-0.2, -0.15) is 0 Å². The fraction of sp³-hybridized carbons (Fsp3) is 0.600. The Labute approximate surface area is 100 Å². The van der Waals surface area contributed by atoms with E-state index < -0.39 is 0 Å². The Kier molecular flexibility index (Phi) is 6.17. The van der Waals surface area contributed by atoms with Crippen molar-refractivity contribution in [3.8, 4) is 0 Å². The van der Waals surface area contributed by atoms with Gasteiger partial charge < -0.3 is 0 Å². The molecule has 0 spiro atoms. The minimum Gasteiger partial charge on any atom is -0.299 e. The molecule has 1 aromatic rings. The molecule has 0 N–H and O–H groups in total. The molecule has 1 aromatic carbocycles. The molecule has 1 heteroatoms. The van der Waals surface area contributed by atoms with Crippen molar-refractivity contribution in [3.63, 3.8) is 0 Å². The van der Waals surface area contributed by atoms with Gasteiger partial charge in [0.1, 0.15) is 0 Å². The molecule has 0 saturated carbocycles. The maximum absolute atomic E-state index is 2.45. The molecule has 0 bridgehead atoms. The van der Waals surface area contributed by atoms with E-state index in [0.29, 0.717) is 6.04 Å². The summed E-state index contributed by atoms with van der Waals surface area (Å²) >= 11 is 0. The third kappa shape index (κ3) is 4.80. The van der Waals surface area contributed by atoms with Gasteiger partial charge in [0.2, 0.25) is 0 Å². The first-order valence-electron chi connectivity index (χ1n) is 6.48. The van der Waals surface area contributed by atoms with E-state index in [9.17, 15) is 0 Å². The first-order valence-corrected chi connectivity index (χ1v) is 6.48. The van der Waals surface area contributed by atoms with Crippen LogP contribution in [0.2, 0.25) is 0 Å². The van der Waals surface area contributed by atoms with Crippen LogP contribution in [0.3, 0.4) is 0 Å². The number of benzene rings is 1. The summed E-state index contributed by atoms with van der Waals surface area (Å²) in [5.74, 6) is 0. The molecule has 0 aromatic heterocycles. The highest BCUT2D eigenvalue weighted by Gasteiger charge is 2.08. The predicted octanol–water partition coefficient (Wildman–Crippen LogP) is 4.09. The highest BCUT2D eigenvalue weighted by atomic mass is 15.1. The lowest BCUT2D eigenvalue weighted by molar-refractivity contribution is 0.233. The maximum atomic E-state index is 2.45. The van der Waals surface area contributed by atoms with E-state index in [0.717, 1.165) is 6.54 Å². The molecule has 1 atom stereocenters. The first kappa shape index (κ1) is 13.2. The van der Waals surface area contributed by atoms with E-state index in [1.54, 1.807) is 0 Å². The Morgan fingerprint density at radius 1 is 1.12 bits per heavy atom. The third-order valence-electron chi connectivity index (χ3n) is 3.25. The third-order valence-corrected chi connectivity index (χ3v) is 3.25. The average Bonchev–Trinajstić information content (AvgIpc) is 2.30. The van der Waals surface area contributed by atoms with Gasteiger partial charge in [0.05, 0.1) is 0 Å². The standard InChI is InChI=1S/C15H25N/c1-4-5-7-10-14(2)16(3)13-15-11-8-6-9-12-15/h6,8-9,11-12,14H,4-5,7,10,13H2,1-3H3. The van der Waals surface area contributed by atoms with Crippen molar-refractivity contribution < 1.29 is 0 Å². The summed E-state index contributed by atoms with van der Waals surface area (Å²) in [6, 6.07) is 11.4. The van der Waals surface area contributed by atoms with E-state index in [4.69, 9.17) is 0 Å². The van der Waals surface area contributed by atoms with E-state index in [1.807, 2.05) is 0 Å². The van der Waals surface area contributed by atoms with Crippen LogP contribution in [-0.4, -0.2) is 18.0 Å². The zero-order valence-corrected chi connectivity index (χ0v) is 10.9. The van der Waals surface area contributed by atoms with Gasteiger partial charge in [0.15, 0.2) is 0 Å². The zero-order valence-electron chi connectivity index (χ0n) is 10.9. The predicted molar refractivity (Wildman–Crippen MR) is 71.5 cm³/mol. The van der Waals surface area contributed by atoms with E-state index in [-0.39, 0.29) is 0 Å². The molecule has 1 nitrogen and oxygen atoms in total. The number of hydrogen-bond donors (Lipinski definition) is 0. The molecule has 0 heterocycles. The topological polar surface area (TPSA) is 3.24 Å². The van der Waals surface area contributed by atoms with Gasteiger partial charge in [-0.25, -0.2) is 0 Å². The Bertz CT molecular complexity index is 268. The quantitative estimate of drug-likeness (QED) is 0.624. The van der Waals surface area contributed by atoms with E-state index >= 15 is 0 Å². The monoisotopic (exact) mass is 219 g/mol. The van der Waals surface area contributed by atoms with Crippen LogP contribution < -0.4 is 0 Å². The molecular weight excluding hydrogens is 194 g/mol. The van der Waals surface area contributed by atoms with Crippen LogP contribution in [0.5, 0.6) is 0 Å². The maximum Gasteiger partial charge on any atom is 0.0233 e. The molecule has 1 rings (SSSR count). The summed E-state index contributed by atoms with van der Waals surface area (Å²) < 4.78 is 0. The molecule has 0 saturated heterocycles. The van der Waals surface area contributed by atoms with Crippen molar-refractivity contribution in [2.75, 3.05) is 7.05 Å². The van der Waals surface area contributed by atoms with Crippen molar-refractivity contribution >= 4 is 0 Å². The smallest absolute Gasteiger partial charge is 0.0233 e. The van der Waals surface area contributed by atoms with Crippen LogP contribution in [0.25, 0.3) is 0 Å². The van der Waals surface area contributed by atoms with Crippen LogP contribution in [0.4, 0.5) is 0 Å². The Balaban J connectivity index is 2.31. The minimum atomic E-state index is 0.687. The lowest BCUT2D eigenvalue weighted by Gasteiger charge is -2.24. The minimum absolute atomic E-state index is 0.687. The second-order valence-corrected chi connectivity index (χ2v) is 4.75. The van der Waals surface area contributed by atoms with Crippen molar-refractivity contribution in [2.45, 2.75) is 52.1 Å². The van der Waals surface area contributed by atoms with Crippen LogP contribution in [-0.2, 0) is 6.54 Å². The molecule has 0 amide bonds. The molecule has 0 fully saturated rings. The van der Waals surface area contributed by atoms with Gasteiger partial charge >= 0.3 is 0 Å². The normalized spacial score (nSPS) is 13.0. The van der Waals surface area contributed by atoms with Gasteiger partial charge in [-0.1, -0.05) is 56.5 Å². The van der Waals surface area contributed by atoms with Crippen LogP contribution in [0.15, 0.2) is 30.3 Å². The second kappa shape index (κ2) is 7.45. The van der Waals surface area contributed by atoms with Crippen LogP contribution in [0.1, 0.15) is 45.1 Å². The van der Waals surface area contributed by atoms with Crippen LogP contribution >= 0.6 is 0 Å². The zero-order chi connectivity index (χ0) is 11.8. The summed E-state index contributed by atoms with van der Waals surface area (Å²) in [6.45, 7) is 5.66. The molecule has 0 radical (unpaired) electrons. The lowest BCUT2D eigenvalue weighted by atomic mass is 10.1. The highest BCUT2D eigenvalue weighted by Crippen LogP contribution is 2.11. The van der Waals surface area contributed by atoms with Crippen molar-refractivity contribution in [1.82, 2.24) is 4.90 Å². The summed E-state index contributed by atoms with van der Waals surface area (Å²) in [5, 5.41) is 0. The van der Waals surface area contributed by atoms with Gasteiger partial charge in [0, 0.05) is 12.6 Å². The van der Waals surface area contributed by atoms with Gasteiger partial charge in [-0.3, -0.25) is 4.90 Å². The Morgan fingerprint density at radius 2 is 1.81 bits per heavy atom. The largest absolute Gasteiger partial charge is 0.299 e.